The molecule has 0 radical (unpaired) electrons. The van der Waals surface area contributed by atoms with Gasteiger partial charge in [-0.3, -0.25) is 9.59 Å². The lowest BCUT2D eigenvalue weighted by atomic mass is 10.0. The maximum Gasteiger partial charge on any atom is 0.303 e. The van der Waals surface area contributed by atoms with Crippen LogP contribution in [0.2, 0.25) is 0 Å². The zero-order valence-corrected chi connectivity index (χ0v) is 12.0. The first-order valence-corrected chi connectivity index (χ1v) is 6.53. The highest BCUT2D eigenvalue weighted by Gasteiger charge is 2.18. The topological polar surface area (TPSA) is 52.6 Å². The van der Waals surface area contributed by atoms with Crippen LogP contribution in [0.3, 0.4) is 0 Å². The summed E-state index contributed by atoms with van der Waals surface area (Å²) in [6, 6.07) is 9.71. The fraction of sp³-hybridized carbons (Fsp3) is 0.375. The zero-order valence-electron chi connectivity index (χ0n) is 12.0. The summed E-state index contributed by atoms with van der Waals surface area (Å²) in [5, 5.41) is 0. The Kier molecular flexibility index (Phi) is 6.50. The van der Waals surface area contributed by atoms with Crippen molar-refractivity contribution in [3.05, 3.63) is 42.0 Å². The molecule has 2 atom stereocenters. The second-order valence-corrected chi connectivity index (χ2v) is 4.62. The van der Waals surface area contributed by atoms with Crippen LogP contribution < -0.4 is 0 Å². The van der Waals surface area contributed by atoms with E-state index in [1.165, 1.54) is 13.8 Å². The van der Waals surface area contributed by atoms with Gasteiger partial charge in [-0.2, -0.15) is 0 Å². The highest BCUT2D eigenvalue weighted by atomic mass is 16.6. The number of carbonyl (C=O) groups excluding carboxylic acids is 2. The van der Waals surface area contributed by atoms with Crippen LogP contribution in [0.4, 0.5) is 0 Å². The lowest BCUT2D eigenvalue weighted by Gasteiger charge is -2.20. The Morgan fingerprint density at radius 2 is 1.80 bits per heavy atom. The normalized spacial score (nSPS) is 13.8. The van der Waals surface area contributed by atoms with Gasteiger partial charge in [0.2, 0.25) is 0 Å². The molecule has 4 heteroatoms. The van der Waals surface area contributed by atoms with Crippen molar-refractivity contribution in [1.29, 1.82) is 0 Å². The molecule has 0 aliphatic heterocycles. The minimum absolute atomic E-state index is 0.109. The minimum atomic E-state index is -0.424. The summed E-state index contributed by atoms with van der Waals surface area (Å²) in [5.41, 5.74) is 1.02. The molecule has 1 rings (SSSR count). The summed E-state index contributed by atoms with van der Waals surface area (Å²) in [4.78, 5) is 22.0. The van der Waals surface area contributed by atoms with Gasteiger partial charge in [0.05, 0.1) is 6.61 Å². The maximum absolute atomic E-state index is 11.1. The average Bonchev–Trinajstić information content (AvgIpc) is 2.41. The summed E-state index contributed by atoms with van der Waals surface area (Å²) in [5.74, 6) is -0.810. The molecule has 0 amide bonds. The Hall–Kier alpha value is -2.10. The van der Waals surface area contributed by atoms with Gasteiger partial charge in [0, 0.05) is 19.8 Å². The number of rotatable bonds is 6. The molecule has 0 N–H and O–H groups in total. The van der Waals surface area contributed by atoms with E-state index in [-0.39, 0.29) is 24.5 Å². The molecule has 2 unspecified atom stereocenters. The van der Waals surface area contributed by atoms with E-state index in [1.807, 2.05) is 49.4 Å². The number of carbonyl (C=O) groups is 2. The molecule has 0 saturated carbocycles. The Balaban J connectivity index is 2.70. The Morgan fingerprint density at radius 3 is 2.35 bits per heavy atom. The van der Waals surface area contributed by atoms with E-state index in [9.17, 15) is 9.59 Å². The molecule has 0 aliphatic carbocycles. The van der Waals surface area contributed by atoms with Crippen LogP contribution in [0.25, 0.3) is 6.08 Å². The molecule has 0 aromatic heterocycles. The molecule has 1 aromatic carbocycles. The number of benzene rings is 1. The summed E-state index contributed by atoms with van der Waals surface area (Å²) < 4.78 is 10.2. The third-order valence-electron chi connectivity index (χ3n) is 2.69. The number of esters is 2. The smallest absolute Gasteiger partial charge is 0.303 e. The van der Waals surface area contributed by atoms with Crippen molar-refractivity contribution in [2.24, 2.45) is 5.92 Å². The third-order valence-corrected chi connectivity index (χ3v) is 2.69. The van der Waals surface area contributed by atoms with Crippen molar-refractivity contribution >= 4 is 18.0 Å². The largest absolute Gasteiger partial charge is 0.465 e. The molecular formula is C16H20O4. The monoisotopic (exact) mass is 276 g/mol. The molecule has 1 aromatic rings. The number of ether oxygens (including phenoxy) is 2. The highest BCUT2D eigenvalue weighted by molar-refractivity contribution is 5.67. The van der Waals surface area contributed by atoms with Crippen molar-refractivity contribution in [1.82, 2.24) is 0 Å². The van der Waals surface area contributed by atoms with Gasteiger partial charge in [0.1, 0.15) is 6.10 Å². The number of hydrogen-bond acceptors (Lipinski definition) is 4. The van der Waals surface area contributed by atoms with Gasteiger partial charge in [0.15, 0.2) is 0 Å². The van der Waals surface area contributed by atoms with Crippen molar-refractivity contribution in [2.75, 3.05) is 6.61 Å². The van der Waals surface area contributed by atoms with Crippen LogP contribution in [0.5, 0.6) is 0 Å². The van der Waals surface area contributed by atoms with Crippen molar-refractivity contribution < 1.29 is 19.1 Å². The van der Waals surface area contributed by atoms with Gasteiger partial charge < -0.3 is 9.47 Å². The zero-order chi connectivity index (χ0) is 15.0. The quantitative estimate of drug-likeness (QED) is 0.750. The predicted molar refractivity (Wildman–Crippen MR) is 76.8 cm³/mol. The first-order chi connectivity index (χ1) is 9.49. The van der Waals surface area contributed by atoms with E-state index < -0.39 is 6.10 Å². The highest BCUT2D eigenvalue weighted by Crippen LogP contribution is 2.13. The average molecular weight is 276 g/mol. The Morgan fingerprint density at radius 1 is 1.15 bits per heavy atom. The van der Waals surface area contributed by atoms with Crippen molar-refractivity contribution in [2.45, 2.75) is 26.9 Å². The maximum atomic E-state index is 11.1. The summed E-state index contributed by atoms with van der Waals surface area (Å²) in [7, 11) is 0. The molecule has 0 bridgehead atoms. The second kappa shape index (κ2) is 8.15. The van der Waals surface area contributed by atoms with E-state index in [1.54, 1.807) is 0 Å². The SMILES string of the molecule is CC(=O)OCC(C)C(/C=C/c1ccccc1)OC(C)=O. The van der Waals surface area contributed by atoms with Gasteiger partial charge in [-0.15, -0.1) is 0 Å². The molecule has 4 nitrogen and oxygen atoms in total. The third kappa shape index (κ3) is 6.18. The van der Waals surface area contributed by atoms with Gasteiger partial charge in [0.25, 0.3) is 0 Å². The van der Waals surface area contributed by atoms with Crippen LogP contribution in [0, 0.1) is 5.92 Å². The van der Waals surface area contributed by atoms with E-state index >= 15 is 0 Å². The van der Waals surface area contributed by atoms with Gasteiger partial charge in [-0.25, -0.2) is 0 Å². The van der Waals surface area contributed by atoms with Crippen molar-refractivity contribution in [3.63, 3.8) is 0 Å². The molecular weight excluding hydrogens is 256 g/mol. The van der Waals surface area contributed by atoms with Crippen molar-refractivity contribution in [3.8, 4) is 0 Å². The second-order valence-electron chi connectivity index (χ2n) is 4.62. The molecule has 20 heavy (non-hydrogen) atoms. The summed E-state index contributed by atoms with van der Waals surface area (Å²) in [6.45, 7) is 4.80. The van der Waals surface area contributed by atoms with Gasteiger partial charge >= 0.3 is 11.9 Å². The first-order valence-electron chi connectivity index (χ1n) is 6.53. The standard InChI is InChI=1S/C16H20O4/c1-12(11-19-13(2)17)16(20-14(3)18)10-9-15-7-5-4-6-8-15/h4-10,12,16H,11H2,1-3H3/b10-9+. The van der Waals surface area contributed by atoms with Crippen LogP contribution >= 0.6 is 0 Å². The predicted octanol–water partition coefficient (Wildman–Crippen LogP) is 2.83. The minimum Gasteiger partial charge on any atom is -0.465 e. The molecule has 0 saturated heterocycles. The van der Waals surface area contributed by atoms with Crippen LogP contribution in [0.1, 0.15) is 26.3 Å². The molecule has 108 valence electrons. The Labute approximate surface area is 119 Å². The number of hydrogen-bond donors (Lipinski definition) is 0. The van der Waals surface area contributed by atoms with Gasteiger partial charge in [-0.05, 0) is 11.6 Å². The molecule has 0 fully saturated rings. The molecule has 0 heterocycles. The first kappa shape index (κ1) is 16.0. The fourth-order valence-corrected chi connectivity index (χ4v) is 1.65. The van der Waals surface area contributed by atoms with E-state index in [4.69, 9.17) is 9.47 Å². The van der Waals surface area contributed by atoms with E-state index in [0.29, 0.717) is 0 Å². The fourth-order valence-electron chi connectivity index (χ4n) is 1.65. The summed E-state index contributed by atoms with van der Waals surface area (Å²) in [6.07, 6.45) is 3.27. The van der Waals surface area contributed by atoms with Crippen LogP contribution in [-0.4, -0.2) is 24.6 Å². The lowest BCUT2D eigenvalue weighted by molar-refractivity contribution is -0.149. The van der Waals surface area contributed by atoms with Crippen LogP contribution in [-0.2, 0) is 19.1 Å². The molecule has 0 spiro atoms. The summed E-state index contributed by atoms with van der Waals surface area (Å²) >= 11 is 0. The Bertz CT molecular complexity index is 465. The van der Waals surface area contributed by atoms with Gasteiger partial charge in [-0.1, -0.05) is 43.3 Å². The van der Waals surface area contributed by atoms with E-state index in [2.05, 4.69) is 0 Å². The van der Waals surface area contributed by atoms with E-state index in [0.717, 1.165) is 5.56 Å². The van der Waals surface area contributed by atoms with Crippen LogP contribution in [0.15, 0.2) is 36.4 Å². The molecule has 0 aliphatic rings. The lowest BCUT2D eigenvalue weighted by Crippen LogP contribution is -2.26.